The first-order valence-electron chi connectivity index (χ1n) is 8.02. The van der Waals surface area contributed by atoms with Crippen LogP contribution in [-0.4, -0.2) is 4.92 Å². The summed E-state index contributed by atoms with van der Waals surface area (Å²) in [4.78, 5) is 12.6. The maximum atomic E-state index is 11.5. The molecule has 0 unspecified atom stereocenters. The Balaban J connectivity index is 1.78. The first-order valence-corrected chi connectivity index (χ1v) is 9.59. The smallest absolute Gasteiger partial charge is 0.283 e. The Bertz CT molecular complexity index is 977. The van der Waals surface area contributed by atoms with Gasteiger partial charge in [-0.1, -0.05) is 58.7 Å². The highest BCUT2D eigenvalue weighted by molar-refractivity contribution is 7.99. The first-order chi connectivity index (χ1) is 12.9. The van der Waals surface area contributed by atoms with Crippen LogP contribution in [0, 0.1) is 17.0 Å². The highest BCUT2D eigenvalue weighted by atomic mass is 35.5. The summed E-state index contributed by atoms with van der Waals surface area (Å²) in [5, 5.41) is 12.4. The molecule has 3 rings (SSSR count). The van der Waals surface area contributed by atoms with Crippen molar-refractivity contribution >= 4 is 40.7 Å². The largest absolute Gasteiger partial charge is 0.487 e. The van der Waals surface area contributed by atoms with Gasteiger partial charge in [-0.15, -0.1) is 0 Å². The molecule has 0 aliphatic rings. The SMILES string of the molecule is Cc1ccc(Sc2ccc(COc3ccc(Cl)cc3Cl)cc2[N+](=O)[O-])cc1. The summed E-state index contributed by atoms with van der Waals surface area (Å²) in [6.45, 7) is 2.16. The van der Waals surface area contributed by atoms with Crippen LogP contribution in [0.1, 0.15) is 11.1 Å². The Labute approximate surface area is 171 Å². The lowest BCUT2D eigenvalue weighted by Gasteiger charge is -2.10. The van der Waals surface area contributed by atoms with E-state index in [1.807, 2.05) is 37.3 Å². The van der Waals surface area contributed by atoms with E-state index >= 15 is 0 Å². The molecule has 3 aromatic rings. The highest BCUT2D eigenvalue weighted by Gasteiger charge is 2.16. The maximum absolute atomic E-state index is 11.5. The zero-order chi connectivity index (χ0) is 19.4. The van der Waals surface area contributed by atoms with E-state index in [2.05, 4.69) is 0 Å². The number of hydrogen-bond acceptors (Lipinski definition) is 4. The quantitative estimate of drug-likeness (QED) is 0.320. The molecule has 0 aliphatic carbocycles. The van der Waals surface area contributed by atoms with Gasteiger partial charge in [0.15, 0.2) is 0 Å². The lowest BCUT2D eigenvalue weighted by atomic mass is 10.2. The van der Waals surface area contributed by atoms with Crippen LogP contribution in [0.2, 0.25) is 10.0 Å². The second-order valence-electron chi connectivity index (χ2n) is 5.84. The van der Waals surface area contributed by atoms with Gasteiger partial charge >= 0.3 is 0 Å². The van der Waals surface area contributed by atoms with Crippen molar-refractivity contribution in [1.82, 2.24) is 0 Å². The molecule has 3 aromatic carbocycles. The lowest BCUT2D eigenvalue weighted by Crippen LogP contribution is -1.98. The molecule has 0 atom stereocenters. The second-order valence-corrected chi connectivity index (χ2v) is 7.80. The van der Waals surface area contributed by atoms with Crippen molar-refractivity contribution in [1.29, 1.82) is 0 Å². The van der Waals surface area contributed by atoms with E-state index in [0.29, 0.717) is 26.3 Å². The van der Waals surface area contributed by atoms with Crippen molar-refractivity contribution in [2.24, 2.45) is 0 Å². The van der Waals surface area contributed by atoms with Crippen molar-refractivity contribution < 1.29 is 9.66 Å². The molecule has 0 radical (unpaired) electrons. The average Bonchev–Trinajstić information content (AvgIpc) is 2.63. The highest BCUT2D eigenvalue weighted by Crippen LogP contribution is 2.36. The van der Waals surface area contributed by atoms with Crippen molar-refractivity contribution in [2.75, 3.05) is 0 Å². The minimum atomic E-state index is -0.380. The predicted octanol–water partition coefficient (Wildman–Crippen LogP) is 6.94. The monoisotopic (exact) mass is 419 g/mol. The van der Waals surface area contributed by atoms with Gasteiger partial charge in [-0.3, -0.25) is 10.1 Å². The van der Waals surface area contributed by atoms with Gasteiger partial charge in [0.05, 0.1) is 14.8 Å². The van der Waals surface area contributed by atoms with Crippen LogP contribution in [-0.2, 0) is 6.61 Å². The minimum absolute atomic E-state index is 0.0453. The Hall–Kier alpha value is -2.21. The van der Waals surface area contributed by atoms with Gasteiger partial charge in [-0.25, -0.2) is 0 Å². The van der Waals surface area contributed by atoms with Gasteiger partial charge in [-0.05, 0) is 48.9 Å². The van der Waals surface area contributed by atoms with Crippen LogP contribution in [0.25, 0.3) is 0 Å². The van der Waals surface area contributed by atoms with Crippen molar-refractivity contribution in [2.45, 2.75) is 23.3 Å². The van der Waals surface area contributed by atoms with E-state index in [1.54, 1.807) is 24.3 Å². The molecule has 0 aliphatic heterocycles. The van der Waals surface area contributed by atoms with E-state index < -0.39 is 0 Å². The minimum Gasteiger partial charge on any atom is -0.487 e. The fraction of sp³-hybridized carbons (Fsp3) is 0.100. The fourth-order valence-corrected chi connectivity index (χ4v) is 3.73. The number of nitro benzene ring substituents is 1. The Morgan fingerprint density at radius 1 is 1.04 bits per heavy atom. The van der Waals surface area contributed by atoms with Crippen molar-refractivity contribution in [3.8, 4) is 5.75 Å². The number of aryl methyl sites for hydroxylation is 1. The normalized spacial score (nSPS) is 10.6. The summed E-state index contributed by atoms with van der Waals surface area (Å²) in [6, 6.07) is 17.9. The molecule has 0 N–H and O–H groups in total. The molecule has 7 heteroatoms. The third kappa shape index (κ3) is 5.16. The van der Waals surface area contributed by atoms with Crippen molar-refractivity contribution in [3.63, 3.8) is 0 Å². The third-order valence-corrected chi connectivity index (χ3v) is 5.36. The summed E-state index contributed by atoms with van der Waals surface area (Å²) in [5.74, 6) is 0.474. The maximum Gasteiger partial charge on any atom is 0.283 e. The van der Waals surface area contributed by atoms with E-state index in [1.165, 1.54) is 17.8 Å². The van der Waals surface area contributed by atoms with Gasteiger partial charge in [0.1, 0.15) is 12.4 Å². The Kier molecular flexibility index (Phi) is 6.26. The molecule has 0 fully saturated rings. The molecule has 0 saturated heterocycles. The van der Waals surface area contributed by atoms with Crippen LogP contribution in [0.4, 0.5) is 5.69 Å². The second kappa shape index (κ2) is 8.65. The van der Waals surface area contributed by atoms with E-state index in [4.69, 9.17) is 27.9 Å². The standard InChI is InChI=1S/C20H15Cl2NO3S/c1-13-2-6-16(7-3-13)27-20-9-4-14(10-18(20)23(24)25)12-26-19-8-5-15(21)11-17(19)22/h2-11H,12H2,1H3. The number of ether oxygens (including phenoxy) is 1. The first kappa shape index (κ1) is 19.5. The molecule has 0 spiro atoms. The summed E-state index contributed by atoms with van der Waals surface area (Å²) in [7, 11) is 0. The molecular weight excluding hydrogens is 405 g/mol. The van der Waals surface area contributed by atoms with E-state index in [-0.39, 0.29) is 17.2 Å². The van der Waals surface area contributed by atoms with Gasteiger partial charge < -0.3 is 4.74 Å². The zero-order valence-corrected chi connectivity index (χ0v) is 16.6. The molecule has 27 heavy (non-hydrogen) atoms. The van der Waals surface area contributed by atoms with E-state index in [9.17, 15) is 10.1 Å². The number of nitro groups is 1. The zero-order valence-electron chi connectivity index (χ0n) is 14.3. The van der Waals surface area contributed by atoms with Crippen LogP contribution in [0.3, 0.4) is 0 Å². The topological polar surface area (TPSA) is 52.4 Å². The number of rotatable bonds is 6. The predicted molar refractivity (Wildman–Crippen MR) is 109 cm³/mol. The molecular formula is C20H15Cl2NO3S. The molecule has 0 saturated carbocycles. The Morgan fingerprint density at radius 3 is 2.44 bits per heavy atom. The third-order valence-electron chi connectivity index (χ3n) is 3.76. The van der Waals surface area contributed by atoms with Gasteiger partial charge in [0.2, 0.25) is 0 Å². The number of benzene rings is 3. The van der Waals surface area contributed by atoms with E-state index in [0.717, 1.165) is 10.5 Å². The van der Waals surface area contributed by atoms with Crippen LogP contribution >= 0.6 is 35.0 Å². The molecule has 0 amide bonds. The molecule has 0 bridgehead atoms. The molecule has 4 nitrogen and oxygen atoms in total. The summed E-state index contributed by atoms with van der Waals surface area (Å²) in [5.41, 5.74) is 1.87. The number of nitrogens with zero attached hydrogens (tertiary/aromatic N) is 1. The van der Waals surface area contributed by atoms with Crippen LogP contribution in [0.5, 0.6) is 5.75 Å². The van der Waals surface area contributed by atoms with Gasteiger partial charge in [0, 0.05) is 16.0 Å². The summed E-state index contributed by atoms with van der Waals surface area (Å²) >= 11 is 13.3. The van der Waals surface area contributed by atoms with Gasteiger partial charge in [0.25, 0.3) is 5.69 Å². The van der Waals surface area contributed by atoms with Crippen LogP contribution in [0.15, 0.2) is 70.5 Å². The average molecular weight is 420 g/mol. The van der Waals surface area contributed by atoms with Crippen molar-refractivity contribution in [3.05, 3.63) is 92.0 Å². The molecule has 0 heterocycles. The fourth-order valence-electron chi connectivity index (χ4n) is 2.37. The van der Waals surface area contributed by atoms with Crippen LogP contribution < -0.4 is 4.74 Å². The summed E-state index contributed by atoms with van der Waals surface area (Å²) < 4.78 is 5.66. The number of hydrogen-bond donors (Lipinski definition) is 0. The molecule has 138 valence electrons. The summed E-state index contributed by atoms with van der Waals surface area (Å²) in [6.07, 6.45) is 0. The molecule has 0 aromatic heterocycles. The Morgan fingerprint density at radius 2 is 1.78 bits per heavy atom. The number of halogens is 2. The lowest BCUT2D eigenvalue weighted by molar-refractivity contribution is -0.387. The van der Waals surface area contributed by atoms with Gasteiger partial charge in [-0.2, -0.15) is 0 Å².